The number of aromatic carboxylic acids is 1. The van der Waals surface area contributed by atoms with Gasteiger partial charge in [-0.1, -0.05) is 23.5 Å². The van der Waals surface area contributed by atoms with Crippen LogP contribution in [0.3, 0.4) is 0 Å². The summed E-state index contributed by atoms with van der Waals surface area (Å²) in [7, 11) is 0. The number of rotatable bonds is 2. The number of carboxylic acids is 1. The number of fused-ring (bicyclic) bond motifs is 2. The van der Waals surface area contributed by atoms with Crippen LogP contribution in [0.25, 0.3) is 20.4 Å². The smallest absolute Gasteiger partial charge is 0.412 e. The Morgan fingerprint density at radius 1 is 1.00 bits per heavy atom. The van der Waals surface area contributed by atoms with Gasteiger partial charge in [-0.2, -0.15) is 0 Å². The number of ether oxygens (including phenoxy) is 1. The lowest BCUT2D eigenvalue weighted by atomic mass is 10.2. The summed E-state index contributed by atoms with van der Waals surface area (Å²) in [5.41, 5.74) is -0.487. The lowest BCUT2D eigenvalue weighted by Gasteiger charge is -2.19. The minimum absolute atomic E-state index is 0.337. The topological polar surface area (TPSA) is 101 Å². The number of hydrogen-bond donors (Lipinski definition) is 2. The average molecular weight is 430 g/mol. The van der Waals surface area contributed by atoms with Gasteiger partial charge in [0, 0.05) is 23.2 Å². The summed E-state index contributed by atoms with van der Waals surface area (Å²) >= 11 is 2.62. The Morgan fingerprint density at radius 2 is 1.59 bits per heavy atom. The normalized spacial score (nSPS) is 11.0. The van der Waals surface area contributed by atoms with E-state index in [1.807, 2.05) is 45.0 Å². The first-order chi connectivity index (χ1) is 13.7. The van der Waals surface area contributed by atoms with Crippen molar-refractivity contribution in [2.75, 3.05) is 5.32 Å². The van der Waals surface area contributed by atoms with Crippen molar-refractivity contribution in [3.8, 4) is 0 Å². The van der Waals surface area contributed by atoms with Gasteiger partial charge in [0.05, 0.1) is 0 Å². The molecule has 1 amide bonds. The molecule has 0 fully saturated rings. The summed E-state index contributed by atoms with van der Waals surface area (Å²) in [6.45, 7) is 5.50. The second kappa shape index (κ2) is 8.54. The fourth-order valence-electron chi connectivity index (χ4n) is 2.32. The van der Waals surface area contributed by atoms with Gasteiger partial charge in [0.25, 0.3) is 0 Å². The van der Waals surface area contributed by atoms with Gasteiger partial charge in [-0.15, -0.1) is 11.3 Å². The van der Waals surface area contributed by atoms with Crippen LogP contribution in [0, 0.1) is 0 Å². The van der Waals surface area contributed by atoms with Crippen molar-refractivity contribution in [3.63, 3.8) is 0 Å². The van der Waals surface area contributed by atoms with Crippen molar-refractivity contribution < 1.29 is 19.4 Å². The van der Waals surface area contributed by atoms with Crippen LogP contribution in [0.15, 0.2) is 48.8 Å². The highest BCUT2D eigenvalue weighted by Gasteiger charge is 2.17. The molecule has 2 N–H and O–H groups in total. The van der Waals surface area contributed by atoms with E-state index >= 15 is 0 Å². The van der Waals surface area contributed by atoms with E-state index in [0.717, 1.165) is 25.4 Å². The molecule has 4 rings (SSSR count). The standard InChI is InChI=1S/C12H14N2O2S.C8H5NO2S/c1-12(2,3)16-11(15)14-9-7-8-5-4-6-13-10(8)17-9;10-8(11)6-4-5-2-1-3-9-7(5)12-6/h4-7H,1-3H3,(H,14,15);1-4H,(H,10,11). The molecule has 0 bridgehead atoms. The summed E-state index contributed by atoms with van der Waals surface area (Å²) < 4.78 is 5.17. The molecule has 4 aromatic rings. The van der Waals surface area contributed by atoms with Crippen LogP contribution < -0.4 is 5.32 Å². The first-order valence-corrected chi connectivity index (χ1v) is 10.3. The van der Waals surface area contributed by atoms with Crippen molar-refractivity contribution in [1.29, 1.82) is 0 Å². The van der Waals surface area contributed by atoms with E-state index in [-0.39, 0.29) is 0 Å². The van der Waals surface area contributed by atoms with Crippen LogP contribution in [0.1, 0.15) is 30.4 Å². The van der Waals surface area contributed by atoms with Gasteiger partial charge in [-0.25, -0.2) is 19.6 Å². The number of carboxylic acid groups (broad SMARTS) is 1. The first-order valence-electron chi connectivity index (χ1n) is 8.64. The number of nitrogens with one attached hydrogen (secondary N) is 1. The fourth-order valence-corrected chi connectivity index (χ4v) is 4.04. The third-order valence-electron chi connectivity index (χ3n) is 3.42. The van der Waals surface area contributed by atoms with Crippen molar-refractivity contribution in [3.05, 3.63) is 53.7 Å². The Kier molecular flexibility index (Phi) is 6.09. The maximum atomic E-state index is 11.6. The summed E-state index contributed by atoms with van der Waals surface area (Å²) in [4.78, 5) is 32.4. The minimum Gasteiger partial charge on any atom is -0.477 e. The van der Waals surface area contributed by atoms with Gasteiger partial charge >= 0.3 is 12.1 Å². The van der Waals surface area contributed by atoms with E-state index in [4.69, 9.17) is 9.84 Å². The summed E-state index contributed by atoms with van der Waals surface area (Å²) in [6, 6.07) is 11.0. The predicted molar refractivity (Wildman–Crippen MR) is 116 cm³/mol. The number of amides is 1. The second-order valence-electron chi connectivity index (χ2n) is 6.95. The predicted octanol–water partition coefficient (Wildman–Crippen LogP) is 5.64. The van der Waals surface area contributed by atoms with E-state index in [0.29, 0.717) is 4.88 Å². The van der Waals surface area contributed by atoms with Gasteiger partial charge in [0.2, 0.25) is 0 Å². The van der Waals surface area contributed by atoms with Crippen LogP contribution in [-0.2, 0) is 4.74 Å². The number of pyridine rings is 2. The lowest BCUT2D eigenvalue weighted by molar-refractivity contribution is 0.0634. The van der Waals surface area contributed by atoms with Crippen molar-refractivity contribution in [2.24, 2.45) is 0 Å². The number of thiophene rings is 2. The van der Waals surface area contributed by atoms with Crippen molar-refractivity contribution in [1.82, 2.24) is 9.97 Å². The molecule has 29 heavy (non-hydrogen) atoms. The summed E-state index contributed by atoms with van der Waals surface area (Å²) in [5, 5.41) is 14.0. The number of carbonyl (C=O) groups excluding carboxylic acids is 1. The molecule has 0 spiro atoms. The van der Waals surface area contributed by atoms with Crippen LogP contribution in [0.2, 0.25) is 0 Å². The number of nitrogens with zero attached hydrogens (tertiary/aromatic N) is 2. The molecule has 0 aliphatic rings. The molecule has 0 aromatic carbocycles. The first kappa shape index (κ1) is 20.7. The molecule has 0 saturated heterocycles. The quantitative estimate of drug-likeness (QED) is 0.428. The third-order valence-corrected chi connectivity index (χ3v) is 5.44. The lowest BCUT2D eigenvalue weighted by Crippen LogP contribution is -2.26. The van der Waals surface area contributed by atoms with E-state index in [1.165, 1.54) is 22.7 Å². The molecule has 7 nitrogen and oxygen atoms in total. The van der Waals surface area contributed by atoms with Gasteiger partial charge in [0.15, 0.2) is 0 Å². The number of aromatic nitrogens is 2. The summed E-state index contributed by atoms with van der Waals surface area (Å²) in [5.74, 6) is -0.891. The highest BCUT2D eigenvalue weighted by molar-refractivity contribution is 7.22. The molecule has 4 aromatic heterocycles. The fraction of sp³-hybridized carbons (Fsp3) is 0.200. The maximum Gasteiger partial charge on any atom is 0.412 e. The van der Waals surface area contributed by atoms with Gasteiger partial charge < -0.3 is 9.84 Å². The minimum atomic E-state index is -0.891. The highest BCUT2D eigenvalue weighted by atomic mass is 32.1. The van der Waals surface area contributed by atoms with E-state index < -0.39 is 17.7 Å². The molecule has 0 radical (unpaired) electrons. The third kappa shape index (κ3) is 5.72. The largest absolute Gasteiger partial charge is 0.477 e. The SMILES string of the molecule is CC(C)(C)OC(=O)Nc1cc2cccnc2s1.O=C(O)c1cc2cccnc2s1. The Balaban J connectivity index is 0.000000176. The molecule has 150 valence electrons. The van der Waals surface area contributed by atoms with E-state index in [9.17, 15) is 9.59 Å². The molecule has 9 heteroatoms. The molecule has 0 atom stereocenters. The van der Waals surface area contributed by atoms with Gasteiger partial charge in [0.1, 0.15) is 25.1 Å². The molecular formula is C20H19N3O4S2. The average Bonchev–Trinajstić information content (AvgIpc) is 3.23. The van der Waals surface area contributed by atoms with E-state index in [1.54, 1.807) is 24.5 Å². The molecule has 0 aliphatic carbocycles. The zero-order valence-corrected chi connectivity index (χ0v) is 17.6. The second-order valence-corrected chi connectivity index (χ2v) is 9.01. The highest BCUT2D eigenvalue weighted by Crippen LogP contribution is 2.28. The van der Waals surface area contributed by atoms with Crippen LogP contribution in [-0.4, -0.2) is 32.7 Å². The van der Waals surface area contributed by atoms with Gasteiger partial charge in [-0.3, -0.25) is 5.32 Å². The monoisotopic (exact) mass is 429 g/mol. The van der Waals surface area contributed by atoms with Crippen LogP contribution in [0.4, 0.5) is 9.80 Å². The zero-order valence-electron chi connectivity index (χ0n) is 16.0. The van der Waals surface area contributed by atoms with Crippen LogP contribution in [0.5, 0.6) is 0 Å². The number of anilines is 1. The van der Waals surface area contributed by atoms with Crippen LogP contribution >= 0.6 is 22.7 Å². The molecule has 0 unspecified atom stereocenters. The molecule has 0 aliphatic heterocycles. The molecule has 0 saturated carbocycles. The number of carbonyl (C=O) groups is 2. The Bertz CT molecular complexity index is 1100. The van der Waals surface area contributed by atoms with E-state index in [2.05, 4.69) is 15.3 Å². The summed E-state index contributed by atoms with van der Waals surface area (Å²) in [6.07, 6.45) is 2.95. The molecular weight excluding hydrogens is 410 g/mol. The Morgan fingerprint density at radius 3 is 2.10 bits per heavy atom. The number of hydrogen-bond acceptors (Lipinski definition) is 7. The van der Waals surface area contributed by atoms with Crippen molar-refractivity contribution in [2.45, 2.75) is 26.4 Å². The maximum absolute atomic E-state index is 11.6. The van der Waals surface area contributed by atoms with Gasteiger partial charge in [-0.05, 0) is 45.0 Å². The Labute approximate surface area is 175 Å². The molecule has 4 heterocycles. The zero-order chi connectivity index (χ0) is 21.0. The Hall–Kier alpha value is -3.04. The van der Waals surface area contributed by atoms with Crippen molar-refractivity contribution >= 4 is 60.2 Å².